The molecular formula is C23H32ClN3O3S. The summed E-state index contributed by atoms with van der Waals surface area (Å²) in [4.78, 5) is 4.20. The van der Waals surface area contributed by atoms with Crippen LogP contribution in [0.1, 0.15) is 56.9 Å². The van der Waals surface area contributed by atoms with Gasteiger partial charge in [0.15, 0.2) is 0 Å². The van der Waals surface area contributed by atoms with Gasteiger partial charge in [0.2, 0.25) is 10.0 Å². The van der Waals surface area contributed by atoms with E-state index in [0.29, 0.717) is 36.7 Å². The summed E-state index contributed by atoms with van der Waals surface area (Å²) in [5.41, 5.74) is 1.74. The Balaban J connectivity index is 1.34. The predicted molar refractivity (Wildman–Crippen MR) is 123 cm³/mol. The molecule has 31 heavy (non-hydrogen) atoms. The van der Waals surface area contributed by atoms with E-state index in [-0.39, 0.29) is 11.2 Å². The van der Waals surface area contributed by atoms with Gasteiger partial charge in [0.05, 0.1) is 16.5 Å². The van der Waals surface area contributed by atoms with E-state index in [1.54, 1.807) is 10.5 Å². The number of nitrogens with zero attached hydrogens (tertiary/aromatic N) is 2. The number of aliphatic hydroxyl groups is 1. The SMILES string of the molecule is O=S(=O)(C1CC1)N1CCC(C#Cc2cnc(Cl)cc2NC[C@H]2CC[C@H](CO)CC2)CC1. The number of sulfonamides is 1. The molecule has 0 spiro atoms. The number of aromatic nitrogens is 1. The first-order valence-corrected chi connectivity index (χ1v) is 13.3. The molecule has 170 valence electrons. The minimum atomic E-state index is -3.08. The molecule has 3 aliphatic rings. The highest BCUT2D eigenvalue weighted by Gasteiger charge is 2.41. The van der Waals surface area contributed by atoms with Gasteiger partial charge in [-0.1, -0.05) is 23.4 Å². The number of hydrogen-bond acceptors (Lipinski definition) is 5. The highest BCUT2D eigenvalue weighted by atomic mass is 35.5. The molecule has 2 N–H and O–H groups in total. The predicted octanol–water partition coefficient (Wildman–Crippen LogP) is 3.50. The maximum Gasteiger partial charge on any atom is 0.216 e. The lowest BCUT2D eigenvalue weighted by molar-refractivity contribution is 0.170. The van der Waals surface area contributed by atoms with Crippen LogP contribution in [-0.2, 0) is 10.0 Å². The summed E-state index contributed by atoms with van der Waals surface area (Å²) in [5, 5.41) is 13.1. The number of nitrogens with one attached hydrogen (secondary N) is 1. The van der Waals surface area contributed by atoms with Crippen LogP contribution >= 0.6 is 11.6 Å². The van der Waals surface area contributed by atoms with Crippen LogP contribution in [0.4, 0.5) is 5.69 Å². The first kappa shape index (κ1) is 22.8. The Morgan fingerprint density at radius 2 is 1.77 bits per heavy atom. The summed E-state index contributed by atoms with van der Waals surface area (Å²) >= 11 is 6.12. The Morgan fingerprint density at radius 1 is 1.10 bits per heavy atom. The van der Waals surface area contributed by atoms with Crippen molar-refractivity contribution in [3.8, 4) is 11.8 Å². The molecule has 8 heteroatoms. The molecule has 0 aromatic carbocycles. The molecule has 0 radical (unpaired) electrons. The summed E-state index contributed by atoms with van der Waals surface area (Å²) in [6.07, 6.45) is 9.31. The fraction of sp³-hybridized carbons (Fsp3) is 0.696. The van der Waals surface area contributed by atoms with Crippen molar-refractivity contribution in [2.24, 2.45) is 17.8 Å². The number of rotatable bonds is 6. The van der Waals surface area contributed by atoms with Gasteiger partial charge in [0.1, 0.15) is 5.15 Å². The topological polar surface area (TPSA) is 82.5 Å². The zero-order valence-electron chi connectivity index (χ0n) is 17.9. The zero-order valence-corrected chi connectivity index (χ0v) is 19.5. The lowest BCUT2D eigenvalue weighted by Gasteiger charge is -2.29. The zero-order chi connectivity index (χ0) is 21.8. The van der Waals surface area contributed by atoms with Crippen molar-refractivity contribution in [1.29, 1.82) is 0 Å². The molecule has 2 heterocycles. The molecule has 0 atom stereocenters. The smallest absolute Gasteiger partial charge is 0.216 e. The normalized spacial score (nSPS) is 25.6. The number of aliphatic hydroxyl groups excluding tert-OH is 1. The first-order valence-electron chi connectivity index (χ1n) is 11.5. The summed E-state index contributed by atoms with van der Waals surface area (Å²) in [6, 6.07) is 1.83. The Morgan fingerprint density at radius 3 is 2.42 bits per heavy atom. The van der Waals surface area contributed by atoms with Gasteiger partial charge in [-0.05, 0) is 69.3 Å². The van der Waals surface area contributed by atoms with Gasteiger partial charge in [0.25, 0.3) is 0 Å². The van der Waals surface area contributed by atoms with Crippen LogP contribution < -0.4 is 5.32 Å². The Labute approximate surface area is 190 Å². The van der Waals surface area contributed by atoms with Crippen LogP contribution in [0.2, 0.25) is 5.15 Å². The van der Waals surface area contributed by atoms with E-state index in [2.05, 4.69) is 22.1 Å². The number of piperidine rings is 1. The number of halogens is 1. The van der Waals surface area contributed by atoms with E-state index >= 15 is 0 Å². The molecule has 1 aromatic rings. The highest BCUT2D eigenvalue weighted by Crippen LogP contribution is 2.33. The maximum absolute atomic E-state index is 12.4. The highest BCUT2D eigenvalue weighted by molar-refractivity contribution is 7.90. The maximum atomic E-state index is 12.4. The van der Waals surface area contributed by atoms with Crippen molar-refractivity contribution in [1.82, 2.24) is 9.29 Å². The van der Waals surface area contributed by atoms with Crippen LogP contribution in [0.25, 0.3) is 0 Å². The van der Waals surface area contributed by atoms with Crippen molar-refractivity contribution in [2.45, 2.75) is 56.6 Å². The van der Waals surface area contributed by atoms with Crippen molar-refractivity contribution in [3.63, 3.8) is 0 Å². The van der Waals surface area contributed by atoms with E-state index in [9.17, 15) is 13.5 Å². The third kappa shape index (κ3) is 5.92. The van der Waals surface area contributed by atoms with Gasteiger partial charge in [-0.2, -0.15) is 0 Å². The lowest BCUT2D eigenvalue weighted by atomic mass is 9.82. The quantitative estimate of drug-likeness (QED) is 0.496. The van der Waals surface area contributed by atoms with Crippen molar-refractivity contribution in [3.05, 3.63) is 23.0 Å². The molecule has 6 nitrogen and oxygen atoms in total. The van der Waals surface area contributed by atoms with E-state index < -0.39 is 10.0 Å². The molecule has 2 saturated carbocycles. The van der Waals surface area contributed by atoms with Crippen LogP contribution in [0, 0.1) is 29.6 Å². The Hall–Kier alpha value is -1.33. The molecule has 4 rings (SSSR count). The van der Waals surface area contributed by atoms with Gasteiger partial charge >= 0.3 is 0 Å². The first-order chi connectivity index (χ1) is 15.0. The van der Waals surface area contributed by atoms with Gasteiger partial charge < -0.3 is 10.4 Å². The number of anilines is 1. The molecule has 1 saturated heterocycles. The fourth-order valence-electron chi connectivity index (χ4n) is 4.56. The number of pyridine rings is 1. The largest absolute Gasteiger partial charge is 0.396 e. The van der Waals surface area contributed by atoms with Crippen LogP contribution in [-0.4, -0.2) is 54.3 Å². The third-order valence-corrected chi connectivity index (χ3v) is 9.45. The third-order valence-electron chi connectivity index (χ3n) is 6.85. The second-order valence-corrected chi connectivity index (χ2v) is 11.8. The molecule has 0 bridgehead atoms. The van der Waals surface area contributed by atoms with E-state index in [4.69, 9.17) is 11.6 Å². The average Bonchev–Trinajstić information content (AvgIpc) is 3.64. The molecule has 2 aliphatic carbocycles. The Bertz CT molecular complexity index is 923. The summed E-state index contributed by atoms with van der Waals surface area (Å²) in [5.74, 6) is 7.86. The second-order valence-electron chi connectivity index (χ2n) is 9.19. The van der Waals surface area contributed by atoms with Crippen molar-refractivity contribution < 1.29 is 13.5 Å². The molecule has 0 unspecified atom stereocenters. The molecule has 0 amide bonds. The summed E-state index contributed by atoms with van der Waals surface area (Å²) in [7, 11) is -3.08. The van der Waals surface area contributed by atoms with Gasteiger partial charge in [-0.15, -0.1) is 0 Å². The molecule has 1 aliphatic heterocycles. The molecule has 3 fully saturated rings. The fourth-order valence-corrected chi connectivity index (χ4v) is 6.59. The van der Waals surface area contributed by atoms with Crippen LogP contribution in [0.15, 0.2) is 12.3 Å². The minimum Gasteiger partial charge on any atom is -0.396 e. The number of hydrogen-bond donors (Lipinski definition) is 2. The average molecular weight is 466 g/mol. The van der Waals surface area contributed by atoms with Gasteiger partial charge in [-0.25, -0.2) is 17.7 Å². The second kappa shape index (κ2) is 10.1. The summed E-state index contributed by atoms with van der Waals surface area (Å²) in [6.45, 7) is 2.30. The van der Waals surface area contributed by atoms with Gasteiger partial charge in [-0.3, -0.25) is 0 Å². The monoisotopic (exact) mass is 465 g/mol. The molecule has 1 aromatic heterocycles. The standard InChI is InChI=1S/C23H32ClN3O3S/c24-23-13-22(25-14-18-1-3-19(16-28)4-2-18)20(15-26-23)6-5-17-9-11-27(12-10-17)31(29,30)21-7-8-21/h13,15,17-19,21,28H,1-4,7-12,14,16H2,(H,25,26)/t18-,19-. The van der Waals surface area contributed by atoms with E-state index in [1.165, 1.54) is 0 Å². The van der Waals surface area contributed by atoms with E-state index in [1.807, 2.05) is 6.07 Å². The van der Waals surface area contributed by atoms with E-state index in [0.717, 1.165) is 69.2 Å². The van der Waals surface area contributed by atoms with Crippen molar-refractivity contribution >= 4 is 27.3 Å². The lowest BCUT2D eigenvalue weighted by Crippen LogP contribution is -2.40. The van der Waals surface area contributed by atoms with Gasteiger partial charge in [0, 0.05) is 38.4 Å². The minimum absolute atomic E-state index is 0.136. The Kier molecular flexibility index (Phi) is 7.43. The molecular weight excluding hydrogens is 434 g/mol. The van der Waals surface area contributed by atoms with Crippen LogP contribution in [0.5, 0.6) is 0 Å². The van der Waals surface area contributed by atoms with Crippen LogP contribution in [0.3, 0.4) is 0 Å². The summed E-state index contributed by atoms with van der Waals surface area (Å²) < 4.78 is 26.5. The van der Waals surface area contributed by atoms with Crippen molar-refractivity contribution in [2.75, 3.05) is 31.6 Å².